The summed E-state index contributed by atoms with van der Waals surface area (Å²) in [5.41, 5.74) is 4.86. The largest absolute Gasteiger partial charge is 0.348 e. The average molecular weight is 349 g/mol. The summed E-state index contributed by atoms with van der Waals surface area (Å²) in [6, 6.07) is 11.2. The van der Waals surface area contributed by atoms with E-state index in [9.17, 15) is 4.79 Å². The fraction of sp³-hybridized carbons (Fsp3) is 0.200. The topological polar surface area (TPSA) is 80.0 Å². The maximum Gasteiger partial charge on any atom is 0.251 e. The molecule has 0 aliphatic carbocycles. The van der Waals surface area contributed by atoms with Crippen LogP contribution < -0.4 is 16.6 Å². The summed E-state index contributed by atoms with van der Waals surface area (Å²) in [7, 11) is 0. The summed E-state index contributed by atoms with van der Waals surface area (Å²) in [4.78, 5) is 16.5. The van der Waals surface area contributed by atoms with Gasteiger partial charge in [0.2, 0.25) is 0 Å². The summed E-state index contributed by atoms with van der Waals surface area (Å²) >= 11 is 3.46. The molecule has 4 N–H and O–H groups in total. The van der Waals surface area contributed by atoms with E-state index in [2.05, 4.69) is 31.7 Å². The van der Waals surface area contributed by atoms with Crippen LogP contribution >= 0.6 is 15.9 Å². The molecule has 1 heterocycles. The minimum Gasteiger partial charge on any atom is -0.348 e. The maximum absolute atomic E-state index is 12.2. The van der Waals surface area contributed by atoms with Crippen molar-refractivity contribution in [1.82, 2.24) is 10.3 Å². The molecule has 0 saturated carbocycles. The summed E-state index contributed by atoms with van der Waals surface area (Å²) < 4.78 is 0.971. The van der Waals surface area contributed by atoms with Crippen LogP contribution in [0, 0.1) is 0 Å². The fourth-order valence-electron chi connectivity index (χ4n) is 1.89. The molecular weight excluding hydrogens is 332 g/mol. The number of nitrogen functional groups attached to an aromatic ring is 1. The van der Waals surface area contributed by atoms with Gasteiger partial charge in [0, 0.05) is 22.3 Å². The van der Waals surface area contributed by atoms with Gasteiger partial charge in [-0.25, -0.2) is 10.8 Å². The molecule has 5 nitrogen and oxygen atoms in total. The third-order valence-corrected chi connectivity index (χ3v) is 3.82. The third-order valence-electron chi connectivity index (χ3n) is 3.05. The lowest BCUT2D eigenvalue weighted by molar-refractivity contribution is 0.0950. The first-order valence-electron chi connectivity index (χ1n) is 6.63. The first-order chi connectivity index (χ1) is 10.1. The number of halogens is 1. The summed E-state index contributed by atoms with van der Waals surface area (Å²) in [5.74, 6) is 5.71. The quantitative estimate of drug-likeness (QED) is 0.573. The van der Waals surface area contributed by atoms with Gasteiger partial charge in [-0.3, -0.25) is 4.79 Å². The molecule has 0 aliphatic heterocycles. The van der Waals surface area contributed by atoms with Gasteiger partial charge in [0.15, 0.2) is 0 Å². The SMILES string of the molecule is CCc1cc(C(=O)NCc2ccccc2Br)cc(NN)n1. The number of nitrogens with two attached hydrogens (primary N) is 1. The van der Waals surface area contributed by atoms with Crippen LogP contribution in [-0.2, 0) is 13.0 Å². The Labute approximate surface area is 132 Å². The number of pyridine rings is 1. The lowest BCUT2D eigenvalue weighted by Gasteiger charge is -2.09. The predicted molar refractivity (Wildman–Crippen MR) is 86.7 cm³/mol. The van der Waals surface area contributed by atoms with Crippen molar-refractivity contribution in [1.29, 1.82) is 0 Å². The molecule has 0 bridgehead atoms. The Morgan fingerprint density at radius 2 is 2.10 bits per heavy atom. The van der Waals surface area contributed by atoms with E-state index < -0.39 is 0 Å². The van der Waals surface area contributed by atoms with Crippen molar-refractivity contribution in [2.75, 3.05) is 5.43 Å². The number of nitrogens with zero attached hydrogens (tertiary/aromatic N) is 1. The molecule has 0 saturated heterocycles. The minimum atomic E-state index is -0.153. The zero-order valence-corrected chi connectivity index (χ0v) is 13.3. The van der Waals surface area contributed by atoms with Crippen molar-refractivity contribution in [2.24, 2.45) is 5.84 Å². The third kappa shape index (κ3) is 4.03. The van der Waals surface area contributed by atoms with E-state index in [4.69, 9.17) is 5.84 Å². The maximum atomic E-state index is 12.2. The average Bonchev–Trinajstić information content (AvgIpc) is 2.53. The van der Waals surface area contributed by atoms with Gasteiger partial charge in [0.1, 0.15) is 5.82 Å². The van der Waals surface area contributed by atoms with Crippen molar-refractivity contribution in [3.63, 3.8) is 0 Å². The molecule has 21 heavy (non-hydrogen) atoms. The fourth-order valence-corrected chi connectivity index (χ4v) is 2.32. The van der Waals surface area contributed by atoms with E-state index in [0.29, 0.717) is 17.9 Å². The van der Waals surface area contributed by atoms with E-state index in [-0.39, 0.29) is 5.91 Å². The second-order valence-electron chi connectivity index (χ2n) is 4.50. The van der Waals surface area contributed by atoms with E-state index in [0.717, 1.165) is 22.2 Å². The highest BCUT2D eigenvalue weighted by Gasteiger charge is 2.09. The van der Waals surface area contributed by atoms with Crippen molar-refractivity contribution < 1.29 is 4.79 Å². The monoisotopic (exact) mass is 348 g/mol. The van der Waals surface area contributed by atoms with Crippen molar-refractivity contribution >= 4 is 27.7 Å². The molecule has 0 spiro atoms. The molecule has 110 valence electrons. The van der Waals surface area contributed by atoms with Crippen molar-refractivity contribution in [3.8, 4) is 0 Å². The predicted octanol–water partition coefficient (Wildman–Crippen LogP) is 2.62. The summed E-state index contributed by atoms with van der Waals surface area (Å²) in [5, 5.41) is 2.89. The van der Waals surface area contributed by atoms with E-state index >= 15 is 0 Å². The smallest absolute Gasteiger partial charge is 0.251 e. The lowest BCUT2D eigenvalue weighted by Crippen LogP contribution is -2.23. The Morgan fingerprint density at radius 1 is 1.33 bits per heavy atom. The first kappa shape index (κ1) is 15.5. The summed E-state index contributed by atoms with van der Waals surface area (Å²) in [6.07, 6.45) is 0.736. The zero-order chi connectivity index (χ0) is 15.2. The van der Waals surface area contributed by atoms with Gasteiger partial charge in [-0.1, -0.05) is 41.1 Å². The zero-order valence-electron chi connectivity index (χ0n) is 11.7. The Balaban J connectivity index is 2.11. The standard InChI is InChI=1S/C15H17BrN4O/c1-2-12-7-11(8-14(19-12)20-17)15(21)18-9-10-5-3-4-6-13(10)16/h3-8H,2,9,17H2,1H3,(H,18,21)(H,19,20). The lowest BCUT2D eigenvalue weighted by atomic mass is 10.1. The number of rotatable bonds is 5. The van der Waals surface area contributed by atoms with Gasteiger partial charge in [0.25, 0.3) is 5.91 Å². The molecule has 2 aromatic rings. The van der Waals surface area contributed by atoms with Crippen LogP contribution in [0.15, 0.2) is 40.9 Å². The van der Waals surface area contributed by atoms with Crippen molar-refractivity contribution in [3.05, 3.63) is 57.7 Å². The Morgan fingerprint density at radius 3 is 2.76 bits per heavy atom. The Bertz CT molecular complexity index is 623. The van der Waals surface area contributed by atoms with Crippen LogP contribution in [0.5, 0.6) is 0 Å². The number of amides is 1. The van der Waals surface area contributed by atoms with Gasteiger partial charge in [-0.15, -0.1) is 0 Å². The molecule has 0 aliphatic rings. The van der Waals surface area contributed by atoms with E-state index in [1.807, 2.05) is 31.2 Å². The van der Waals surface area contributed by atoms with Crippen LogP contribution in [0.25, 0.3) is 0 Å². The second kappa shape index (κ2) is 7.19. The molecule has 0 fully saturated rings. The van der Waals surface area contributed by atoms with Crippen LogP contribution in [0.1, 0.15) is 28.5 Å². The number of hydrogen-bond donors (Lipinski definition) is 3. The van der Waals surface area contributed by atoms with Crippen LogP contribution in [0.4, 0.5) is 5.82 Å². The highest BCUT2D eigenvalue weighted by Crippen LogP contribution is 2.16. The number of nitrogens with one attached hydrogen (secondary N) is 2. The molecular formula is C15H17BrN4O. The highest BCUT2D eigenvalue weighted by atomic mass is 79.9. The molecule has 0 atom stereocenters. The molecule has 1 aromatic heterocycles. The number of aryl methyl sites for hydroxylation is 1. The Kier molecular flexibility index (Phi) is 5.30. The van der Waals surface area contributed by atoms with Gasteiger partial charge in [0.05, 0.1) is 0 Å². The number of benzene rings is 1. The normalized spacial score (nSPS) is 10.2. The number of carbonyl (C=O) groups is 1. The van der Waals surface area contributed by atoms with Gasteiger partial charge < -0.3 is 10.7 Å². The number of hydrazine groups is 1. The van der Waals surface area contributed by atoms with Crippen molar-refractivity contribution in [2.45, 2.75) is 19.9 Å². The highest BCUT2D eigenvalue weighted by molar-refractivity contribution is 9.10. The molecule has 2 rings (SSSR count). The van der Waals surface area contributed by atoms with Gasteiger partial charge in [-0.2, -0.15) is 0 Å². The molecule has 6 heteroatoms. The minimum absolute atomic E-state index is 0.153. The molecule has 1 amide bonds. The first-order valence-corrected chi connectivity index (χ1v) is 7.42. The van der Waals surface area contributed by atoms with Crippen LogP contribution in [-0.4, -0.2) is 10.9 Å². The van der Waals surface area contributed by atoms with Crippen LogP contribution in [0.3, 0.4) is 0 Å². The van der Waals surface area contributed by atoms with Gasteiger partial charge in [-0.05, 0) is 30.2 Å². The van der Waals surface area contributed by atoms with E-state index in [1.165, 1.54) is 0 Å². The Hall–Kier alpha value is -1.92. The molecule has 0 unspecified atom stereocenters. The molecule has 1 aromatic carbocycles. The van der Waals surface area contributed by atoms with E-state index in [1.54, 1.807) is 12.1 Å². The number of aromatic nitrogens is 1. The number of hydrogen-bond acceptors (Lipinski definition) is 4. The second-order valence-corrected chi connectivity index (χ2v) is 5.36. The van der Waals surface area contributed by atoms with Crippen LogP contribution in [0.2, 0.25) is 0 Å². The number of carbonyl (C=O) groups excluding carboxylic acids is 1. The molecule has 0 radical (unpaired) electrons. The number of anilines is 1. The summed E-state index contributed by atoms with van der Waals surface area (Å²) in [6.45, 7) is 2.43. The van der Waals surface area contributed by atoms with Gasteiger partial charge >= 0.3 is 0 Å².